The Balaban J connectivity index is 1.26. The van der Waals surface area contributed by atoms with Crippen LogP contribution >= 0.6 is 0 Å². The Hall–Kier alpha value is -0.690. The lowest BCUT2D eigenvalue weighted by molar-refractivity contribution is -0.184. The Kier molecular flexibility index (Phi) is 7.94. The number of hydrogen-bond donors (Lipinski definition) is 0. The number of hydrogen-bond acceptors (Lipinski definition) is 6. The van der Waals surface area contributed by atoms with Crippen LogP contribution in [0.25, 0.3) is 0 Å². The summed E-state index contributed by atoms with van der Waals surface area (Å²) in [4.78, 5) is 12.6. The molecular weight excluding hydrogens is 348 g/mol. The lowest BCUT2D eigenvalue weighted by atomic mass is 9.76. The molecule has 27 heavy (non-hydrogen) atoms. The summed E-state index contributed by atoms with van der Waals surface area (Å²) in [5.41, 5.74) is 0. The van der Waals surface area contributed by atoms with Gasteiger partial charge >= 0.3 is 5.97 Å². The number of rotatable bonds is 12. The number of carbonyl (C=O) groups excluding carboxylic acids is 1. The molecule has 3 rings (SSSR count). The fraction of sp³-hybridized carbons (Fsp3) is 0.952. The highest BCUT2D eigenvalue weighted by Gasteiger charge is 2.57. The van der Waals surface area contributed by atoms with Crippen LogP contribution < -0.4 is 0 Å². The van der Waals surface area contributed by atoms with Crippen molar-refractivity contribution in [2.24, 2.45) is 35.5 Å². The van der Waals surface area contributed by atoms with Gasteiger partial charge in [-0.2, -0.15) is 0 Å². The highest BCUT2D eigenvalue weighted by molar-refractivity contribution is 5.73. The molecule has 2 bridgehead atoms. The van der Waals surface area contributed by atoms with Crippen molar-refractivity contribution in [3.05, 3.63) is 0 Å². The zero-order valence-corrected chi connectivity index (χ0v) is 17.1. The van der Waals surface area contributed by atoms with Crippen molar-refractivity contribution >= 4 is 5.97 Å². The van der Waals surface area contributed by atoms with Crippen molar-refractivity contribution in [1.82, 2.24) is 0 Å². The van der Waals surface area contributed by atoms with Crippen molar-refractivity contribution in [2.75, 3.05) is 46.8 Å². The number of methoxy groups -OCH3 is 1. The monoisotopic (exact) mass is 384 g/mol. The molecule has 0 N–H and O–H groups in total. The molecule has 0 spiro atoms. The van der Waals surface area contributed by atoms with E-state index >= 15 is 0 Å². The predicted molar refractivity (Wildman–Crippen MR) is 100 cm³/mol. The third-order valence-corrected chi connectivity index (χ3v) is 6.67. The average molecular weight is 385 g/mol. The molecule has 0 heterocycles. The van der Waals surface area contributed by atoms with Gasteiger partial charge in [-0.15, -0.1) is 0 Å². The van der Waals surface area contributed by atoms with Gasteiger partial charge in [-0.05, 0) is 62.2 Å². The number of fused-ring (bicyclic) bond motifs is 5. The Labute approximate surface area is 163 Å². The second kappa shape index (κ2) is 10.2. The van der Waals surface area contributed by atoms with Crippen LogP contribution in [-0.2, 0) is 28.5 Å². The predicted octanol–water partition coefficient (Wildman–Crippen LogP) is 2.89. The van der Waals surface area contributed by atoms with Gasteiger partial charge in [0.2, 0.25) is 0 Å². The lowest BCUT2D eigenvalue weighted by Crippen LogP contribution is -2.33. The molecule has 3 saturated carbocycles. The summed E-state index contributed by atoms with van der Waals surface area (Å²) in [6, 6.07) is 0. The maximum absolute atomic E-state index is 12.6. The summed E-state index contributed by atoms with van der Waals surface area (Å²) in [5.74, 6) is 3.79. The highest BCUT2D eigenvalue weighted by atomic mass is 16.7. The Morgan fingerprint density at radius 1 is 0.889 bits per heavy atom. The van der Waals surface area contributed by atoms with E-state index in [4.69, 9.17) is 23.7 Å². The molecule has 0 aromatic heterocycles. The van der Waals surface area contributed by atoms with E-state index < -0.39 is 6.29 Å². The van der Waals surface area contributed by atoms with E-state index in [2.05, 4.69) is 6.92 Å². The Morgan fingerprint density at radius 3 is 2.30 bits per heavy atom. The van der Waals surface area contributed by atoms with Crippen LogP contribution in [0.1, 0.15) is 39.5 Å². The number of esters is 1. The second-order valence-corrected chi connectivity index (χ2v) is 8.50. The first kappa shape index (κ1) is 21.0. The number of ether oxygens (including phenoxy) is 5. The van der Waals surface area contributed by atoms with E-state index in [9.17, 15) is 4.79 Å². The molecule has 156 valence electrons. The molecule has 0 amide bonds. The molecule has 7 unspecified atom stereocenters. The second-order valence-electron chi connectivity index (χ2n) is 8.50. The largest absolute Gasteiger partial charge is 0.436 e. The fourth-order valence-electron chi connectivity index (χ4n) is 5.64. The first-order valence-electron chi connectivity index (χ1n) is 10.6. The van der Waals surface area contributed by atoms with Gasteiger partial charge in [-0.25, -0.2) is 0 Å². The van der Waals surface area contributed by atoms with Crippen molar-refractivity contribution in [2.45, 2.75) is 45.8 Å². The van der Waals surface area contributed by atoms with Crippen LogP contribution in [0.2, 0.25) is 0 Å². The molecule has 6 heteroatoms. The normalized spacial score (nSPS) is 35.4. The van der Waals surface area contributed by atoms with E-state index in [1.165, 1.54) is 19.3 Å². The van der Waals surface area contributed by atoms with Crippen LogP contribution in [-0.4, -0.2) is 59.0 Å². The minimum Gasteiger partial charge on any atom is -0.436 e. The SMILES string of the molecule is COCCOCCOCCOC(C)OC(=O)C1CC2CC1C1CC(C)CC21. The lowest BCUT2D eigenvalue weighted by Gasteiger charge is -2.30. The van der Waals surface area contributed by atoms with Gasteiger partial charge in [0.1, 0.15) is 0 Å². The highest BCUT2D eigenvalue weighted by Crippen LogP contribution is 2.62. The van der Waals surface area contributed by atoms with Gasteiger partial charge in [-0.3, -0.25) is 4.79 Å². The van der Waals surface area contributed by atoms with Gasteiger partial charge in [0.05, 0.1) is 45.6 Å². The summed E-state index contributed by atoms with van der Waals surface area (Å²) in [6.07, 6.45) is 4.41. The summed E-state index contributed by atoms with van der Waals surface area (Å²) in [5, 5.41) is 0. The Bertz CT molecular complexity index is 470. The van der Waals surface area contributed by atoms with Crippen LogP contribution in [0.3, 0.4) is 0 Å². The molecule has 3 aliphatic carbocycles. The fourth-order valence-corrected chi connectivity index (χ4v) is 5.64. The third-order valence-electron chi connectivity index (χ3n) is 6.67. The van der Waals surface area contributed by atoms with Gasteiger partial charge in [0.25, 0.3) is 0 Å². The van der Waals surface area contributed by atoms with Gasteiger partial charge < -0.3 is 23.7 Å². The topological polar surface area (TPSA) is 63.2 Å². The Morgan fingerprint density at radius 2 is 1.56 bits per heavy atom. The third kappa shape index (κ3) is 5.43. The summed E-state index contributed by atoms with van der Waals surface area (Å²) in [7, 11) is 1.65. The smallest absolute Gasteiger partial charge is 0.311 e. The molecule has 3 fully saturated rings. The summed E-state index contributed by atoms with van der Waals surface area (Å²) < 4.78 is 26.8. The van der Waals surface area contributed by atoms with Crippen LogP contribution in [0.4, 0.5) is 0 Å². The zero-order valence-electron chi connectivity index (χ0n) is 17.1. The van der Waals surface area contributed by atoms with Gasteiger partial charge in [0.15, 0.2) is 6.29 Å². The quantitative estimate of drug-likeness (QED) is 0.293. The molecule has 0 radical (unpaired) electrons. The average Bonchev–Trinajstić information content (AvgIpc) is 3.31. The molecule has 6 nitrogen and oxygen atoms in total. The van der Waals surface area contributed by atoms with E-state index in [0.29, 0.717) is 45.6 Å². The summed E-state index contributed by atoms with van der Waals surface area (Å²) in [6.45, 7) is 7.25. The minimum atomic E-state index is -0.517. The molecule has 0 aromatic rings. The number of carbonyl (C=O) groups is 1. The molecule has 7 atom stereocenters. The maximum atomic E-state index is 12.6. The first-order valence-corrected chi connectivity index (χ1v) is 10.6. The van der Waals surface area contributed by atoms with E-state index in [1.54, 1.807) is 14.0 Å². The molecule has 3 aliphatic rings. The molecule has 0 saturated heterocycles. The standard InChI is InChI=1S/C21H36O6/c1-14-10-17-16-12-19(18(17)11-14)20(13-16)21(22)27-15(2)26-9-8-25-7-6-24-5-4-23-3/h14-20H,4-13H2,1-3H3. The van der Waals surface area contributed by atoms with Crippen molar-refractivity contribution in [1.29, 1.82) is 0 Å². The van der Waals surface area contributed by atoms with E-state index in [0.717, 1.165) is 30.1 Å². The molecular formula is C21H36O6. The van der Waals surface area contributed by atoms with Gasteiger partial charge in [-0.1, -0.05) is 6.92 Å². The first-order chi connectivity index (χ1) is 13.1. The minimum absolute atomic E-state index is 0.0551. The van der Waals surface area contributed by atoms with Crippen molar-refractivity contribution in [3.63, 3.8) is 0 Å². The van der Waals surface area contributed by atoms with Crippen LogP contribution in [0, 0.1) is 35.5 Å². The molecule has 0 aliphatic heterocycles. The van der Waals surface area contributed by atoms with E-state index in [1.807, 2.05) is 0 Å². The maximum Gasteiger partial charge on any atom is 0.311 e. The molecule has 0 aromatic carbocycles. The van der Waals surface area contributed by atoms with Gasteiger partial charge in [0, 0.05) is 7.11 Å². The van der Waals surface area contributed by atoms with Crippen LogP contribution in [0.15, 0.2) is 0 Å². The zero-order chi connectivity index (χ0) is 19.2. The van der Waals surface area contributed by atoms with Crippen LogP contribution in [0.5, 0.6) is 0 Å². The van der Waals surface area contributed by atoms with E-state index in [-0.39, 0.29) is 11.9 Å². The van der Waals surface area contributed by atoms with Crippen molar-refractivity contribution in [3.8, 4) is 0 Å². The summed E-state index contributed by atoms with van der Waals surface area (Å²) >= 11 is 0. The van der Waals surface area contributed by atoms with Crippen molar-refractivity contribution < 1.29 is 28.5 Å².